The van der Waals surface area contributed by atoms with Crippen molar-refractivity contribution in [3.8, 4) is 0 Å². The Morgan fingerprint density at radius 2 is 2.36 bits per heavy atom. The van der Waals surface area contributed by atoms with E-state index in [4.69, 9.17) is 17.0 Å². The smallest absolute Gasteiger partial charge is 0.294 e. The van der Waals surface area contributed by atoms with Crippen molar-refractivity contribution < 1.29 is 9.53 Å². The number of aromatic amines is 1. The summed E-state index contributed by atoms with van der Waals surface area (Å²) in [5, 5.41) is 2.52. The fourth-order valence-electron chi connectivity index (χ4n) is 1.25. The molecule has 14 heavy (non-hydrogen) atoms. The van der Waals surface area contributed by atoms with E-state index in [0.717, 1.165) is 11.1 Å². The Kier molecular flexibility index (Phi) is 2.09. The average Bonchev–Trinajstić information content (AvgIpc) is 2.73. The molecule has 5 heteroatoms. The van der Waals surface area contributed by atoms with E-state index in [1.807, 2.05) is 13.0 Å². The number of ether oxygens (including phenoxy) is 1. The first kappa shape index (κ1) is 8.96. The van der Waals surface area contributed by atoms with E-state index in [1.165, 1.54) is 0 Å². The molecule has 2 rings (SSSR count). The average molecular weight is 208 g/mol. The SMILES string of the molecule is CC(=C1OC(=S)NC1=O)c1cc[nH]c1. The summed E-state index contributed by atoms with van der Waals surface area (Å²) in [7, 11) is 0. The van der Waals surface area contributed by atoms with Crippen LogP contribution in [-0.4, -0.2) is 16.1 Å². The van der Waals surface area contributed by atoms with Crippen molar-refractivity contribution in [2.45, 2.75) is 6.92 Å². The van der Waals surface area contributed by atoms with E-state index in [-0.39, 0.29) is 16.8 Å². The molecular formula is C9H8N2O2S. The monoisotopic (exact) mass is 208 g/mol. The summed E-state index contributed by atoms with van der Waals surface area (Å²) in [6.45, 7) is 1.81. The van der Waals surface area contributed by atoms with Crippen LogP contribution in [0.4, 0.5) is 0 Å². The highest BCUT2D eigenvalue weighted by atomic mass is 32.1. The second kappa shape index (κ2) is 3.26. The molecule has 4 nitrogen and oxygen atoms in total. The maximum absolute atomic E-state index is 11.3. The molecule has 1 aliphatic heterocycles. The quantitative estimate of drug-likeness (QED) is 0.538. The lowest BCUT2D eigenvalue weighted by atomic mass is 10.1. The van der Waals surface area contributed by atoms with E-state index < -0.39 is 0 Å². The van der Waals surface area contributed by atoms with E-state index in [0.29, 0.717) is 0 Å². The Labute approximate surface area is 86.0 Å². The van der Waals surface area contributed by atoms with Crippen LogP contribution < -0.4 is 5.32 Å². The lowest BCUT2D eigenvalue weighted by molar-refractivity contribution is -0.116. The predicted octanol–water partition coefficient (Wildman–Crippen LogP) is 1.18. The fourth-order valence-corrected chi connectivity index (χ4v) is 1.43. The lowest BCUT2D eigenvalue weighted by Crippen LogP contribution is -2.18. The maximum atomic E-state index is 11.3. The van der Waals surface area contributed by atoms with Crippen LogP contribution in [-0.2, 0) is 9.53 Å². The third-order valence-corrected chi connectivity index (χ3v) is 2.17. The number of allylic oxidation sites excluding steroid dienone is 1. The van der Waals surface area contributed by atoms with Crippen LogP contribution in [0.1, 0.15) is 12.5 Å². The molecule has 1 aromatic rings. The zero-order chi connectivity index (χ0) is 10.1. The van der Waals surface area contributed by atoms with Crippen molar-refractivity contribution in [1.29, 1.82) is 0 Å². The van der Waals surface area contributed by atoms with Gasteiger partial charge in [0.05, 0.1) is 0 Å². The summed E-state index contributed by atoms with van der Waals surface area (Å²) in [5.74, 6) is -0.0108. The van der Waals surface area contributed by atoms with Gasteiger partial charge in [-0.1, -0.05) is 0 Å². The van der Waals surface area contributed by atoms with Gasteiger partial charge < -0.3 is 9.72 Å². The summed E-state index contributed by atoms with van der Waals surface area (Å²) in [4.78, 5) is 14.2. The van der Waals surface area contributed by atoms with Gasteiger partial charge in [0, 0.05) is 18.0 Å². The largest absolute Gasteiger partial charge is 0.425 e. The maximum Gasteiger partial charge on any atom is 0.294 e. The molecule has 0 saturated carbocycles. The van der Waals surface area contributed by atoms with Gasteiger partial charge in [-0.2, -0.15) is 0 Å². The van der Waals surface area contributed by atoms with Gasteiger partial charge in [0.25, 0.3) is 11.1 Å². The molecule has 0 aromatic carbocycles. The first-order valence-electron chi connectivity index (χ1n) is 4.05. The van der Waals surface area contributed by atoms with Crippen LogP contribution in [0.25, 0.3) is 5.57 Å². The number of amides is 1. The molecule has 1 aliphatic rings. The molecule has 0 atom stereocenters. The third kappa shape index (κ3) is 1.42. The summed E-state index contributed by atoms with van der Waals surface area (Å²) in [6.07, 6.45) is 3.57. The van der Waals surface area contributed by atoms with Crippen LogP contribution in [0, 0.1) is 0 Å². The molecule has 2 N–H and O–H groups in total. The Morgan fingerprint density at radius 1 is 1.57 bits per heavy atom. The van der Waals surface area contributed by atoms with Crippen LogP contribution in [0.15, 0.2) is 24.2 Å². The highest BCUT2D eigenvalue weighted by molar-refractivity contribution is 7.80. The van der Waals surface area contributed by atoms with Crippen molar-refractivity contribution in [2.24, 2.45) is 0 Å². The molecule has 0 aliphatic carbocycles. The standard InChI is InChI=1S/C9H8N2O2S/c1-5(6-2-3-10-4-6)7-8(12)11-9(14)13-7/h2-4,10H,1H3,(H,11,12,14). The van der Waals surface area contributed by atoms with Crippen molar-refractivity contribution in [2.75, 3.05) is 0 Å². The molecule has 1 fully saturated rings. The Hall–Kier alpha value is -1.62. The zero-order valence-electron chi connectivity index (χ0n) is 7.46. The predicted molar refractivity (Wildman–Crippen MR) is 55.2 cm³/mol. The number of thiocarbonyl (C=S) groups is 1. The number of hydrogen-bond donors (Lipinski definition) is 2. The number of aromatic nitrogens is 1. The van der Waals surface area contributed by atoms with Gasteiger partial charge in [0.15, 0.2) is 5.76 Å². The van der Waals surface area contributed by atoms with Crippen LogP contribution in [0.5, 0.6) is 0 Å². The minimum Gasteiger partial charge on any atom is -0.425 e. The molecule has 1 amide bonds. The summed E-state index contributed by atoms with van der Waals surface area (Å²) in [5.41, 5.74) is 1.68. The van der Waals surface area contributed by atoms with Crippen LogP contribution in [0.2, 0.25) is 0 Å². The molecule has 0 bridgehead atoms. The highest BCUT2D eigenvalue weighted by Crippen LogP contribution is 2.21. The minimum absolute atomic E-state index is 0.111. The van der Waals surface area contributed by atoms with Gasteiger partial charge in [-0.05, 0) is 30.8 Å². The van der Waals surface area contributed by atoms with Gasteiger partial charge in [-0.15, -0.1) is 0 Å². The number of nitrogens with one attached hydrogen (secondary N) is 2. The van der Waals surface area contributed by atoms with Crippen molar-refractivity contribution in [3.63, 3.8) is 0 Å². The third-order valence-electron chi connectivity index (χ3n) is 1.99. The summed E-state index contributed by atoms with van der Waals surface area (Å²) >= 11 is 4.73. The van der Waals surface area contributed by atoms with Gasteiger partial charge >= 0.3 is 0 Å². The number of carbonyl (C=O) groups is 1. The van der Waals surface area contributed by atoms with Crippen LogP contribution in [0.3, 0.4) is 0 Å². The molecular weight excluding hydrogens is 200 g/mol. The van der Waals surface area contributed by atoms with Crippen molar-refractivity contribution in [3.05, 3.63) is 29.8 Å². The van der Waals surface area contributed by atoms with Gasteiger partial charge in [0.2, 0.25) is 0 Å². The molecule has 2 heterocycles. The van der Waals surface area contributed by atoms with Crippen molar-refractivity contribution in [1.82, 2.24) is 10.3 Å². The normalized spacial score (nSPS) is 19.2. The Morgan fingerprint density at radius 3 is 2.86 bits per heavy atom. The first-order chi connectivity index (χ1) is 6.68. The molecule has 72 valence electrons. The second-order valence-electron chi connectivity index (χ2n) is 2.90. The topological polar surface area (TPSA) is 54.1 Å². The van der Waals surface area contributed by atoms with Crippen LogP contribution >= 0.6 is 12.2 Å². The van der Waals surface area contributed by atoms with Gasteiger partial charge in [0.1, 0.15) is 0 Å². The Balaban J connectivity index is 2.41. The number of rotatable bonds is 1. The summed E-state index contributed by atoms with van der Waals surface area (Å²) in [6, 6.07) is 1.86. The summed E-state index contributed by atoms with van der Waals surface area (Å²) < 4.78 is 5.10. The van der Waals surface area contributed by atoms with E-state index in [9.17, 15) is 4.79 Å². The van der Waals surface area contributed by atoms with Gasteiger partial charge in [-0.3, -0.25) is 10.1 Å². The number of H-pyrrole nitrogens is 1. The van der Waals surface area contributed by atoms with Gasteiger partial charge in [-0.25, -0.2) is 0 Å². The minimum atomic E-state index is -0.284. The first-order valence-corrected chi connectivity index (χ1v) is 4.46. The zero-order valence-corrected chi connectivity index (χ0v) is 8.27. The van der Waals surface area contributed by atoms with E-state index >= 15 is 0 Å². The van der Waals surface area contributed by atoms with Crippen molar-refractivity contribution >= 4 is 28.9 Å². The van der Waals surface area contributed by atoms with E-state index in [1.54, 1.807) is 12.4 Å². The second-order valence-corrected chi connectivity index (χ2v) is 3.27. The molecule has 1 saturated heterocycles. The molecule has 0 radical (unpaired) electrons. The molecule has 0 unspecified atom stereocenters. The fraction of sp³-hybridized carbons (Fsp3) is 0.111. The van der Waals surface area contributed by atoms with E-state index in [2.05, 4.69) is 10.3 Å². The number of carbonyl (C=O) groups excluding carboxylic acids is 1. The molecule has 1 aromatic heterocycles. The lowest BCUT2D eigenvalue weighted by Gasteiger charge is -1.99. The Bertz CT molecular complexity index is 420. The number of hydrogen-bond acceptors (Lipinski definition) is 3. The highest BCUT2D eigenvalue weighted by Gasteiger charge is 2.25. The molecule has 0 spiro atoms.